The van der Waals surface area contributed by atoms with Crippen molar-refractivity contribution < 1.29 is 14.7 Å². The number of fused-ring (bicyclic) bond motifs is 1. The molecule has 0 spiro atoms. The van der Waals surface area contributed by atoms with Crippen molar-refractivity contribution in [1.82, 2.24) is 20.1 Å². The molecule has 1 aliphatic carbocycles. The Morgan fingerprint density at radius 2 is 2.05 bits per heavy atom. The zero-order chi connectivity index (χ0) is 16.0. The highest BCUT2D eigenvalue weighted by molar-refractivity contribution is 6.06. The lowest BCUT2D eigenvalue weighted by atomic mass is 9.80. The predicted molar refractivity (Wildman–Crippen MR) is 79.6 cm³/mol. The van der Waals surface area contributed by atoms with Crippen LogP contribution in [0.25, 0.3) is 11.0 Å². The second-order valence-corrected chi connectivity index (χ2v) is 5.90. The lowest BCUT2D eigenvalue weighted by molar-refractivity contribution is -0.145. The van der Waals surface area contributed by atoms with Gasteiger partial charge in [0.1, 0.15) is 0 Å². The summed E-state index contributed by atoms with van der Waals surface area (Å²) < 4.78 is 1.66. The molecular weight excluding hydrogens is 284 g/mol. The first-order chi connectivity index (χ1) is 10.4. The molecule has 1 aliphatic rings. The Balaban J connectivity index is 1.87. The maximum atomic E-state index is 12.5. The Kier molecular flexibility index (Phi) is 3.35. The third-order valence-corrected chi connectivity index (χ3v) is 4.16. The number of hydrogen-bond acceptors (Lipinski definition) is 4. The topological polar surface area (TPSA) is 97.1 Å². The molecule has 0 unspecified atom stereocenters. The van der Waals surface area contributed by atoms with Gasteiger partial charge in [-0.3, -0.25) is 14.3 Å². The Morgan fingerprint density at radius 3 is 2.68 bits per heavy atom. The molecule has 0 bridgehead atoms. The molecule has 0 aromatic carbocycles. The van der Waals surface area contributed by atoms with Gasteiger partial charge in [-0.25, -0.2) is 4.98 Å². The first-order valence-electron chi connectivity index (χ1n) is 7.21. The first-order valence-corrected chi connectivity index (χ1v) is 7.21. The lowest BCUT2D eigenvalue weighted by Gasteiger charge is -2.32. The summed E-state index contributed by atoms with van der Waals surface area (Å²) in [7, 11) is 1.80. The van der Waals surface area contributed by atoms with Gasteiger partial charge in [0.15, 0.2) is 5.65 Å². The number of rotatable bonds is 3. The van der Waals surface area contributed by atoms with E-state index in [1.165, 1.54) is 0 Å². The van der Waals surface area contributed by atoms with Gasteiger partial charge in [0.05, 0.1) is 22.6 Å². The molecular formula is C15H18N4O3. The van der Waals surface area contributed by atoms with E-state index in [4.69, 9.17) is 5.11 Å². The third-order valence-electron chi connectivity index (χ3n) is 4.16. The van der Waals surface area contributed by atoms with Crippen LogP contribution in [0.2, 0.25) is 0 Å². The van der Waals surface area contributed by atoms with Crippen LogP contribution in [-0.2, 0) is 11.8 Å². The fourth-order valence-corrected chi connectivity index (χ4v) is 2.95. The number of aryl methyl sites for hydroxylation is 3. The number of aliphatic carboxylic acids is 1. The Labute approximate surface area is 127 Å². The number of nitrogens with one attached hydrogen (secondary N) is 1. The van der Waals surface area contributed by atoms with E-state index >= 15 is 0 Å². The minimum atomic E-state index is -0.796. The van der Waals surface area contributed by atoms with Crippen LogP contribution in [0.1, 0.15) is 34.6 Å². The van der Waals surface area contributed by atoms with Crippen molar-refractivity contribution in [3.63, 3.8) is 0 Å². The molecule has 1 amide bonds. The highest BCUT2D eigenvalue weighted by atomic mass is 16.4. The van der Waals surface area contributed by atoms with Crippen molar-refractivity contribution in [2.45, 2.75) is 32.7 Å². The van der Waals surface area contributed by atoms with Crippen molar-refractivity contribution in [1.29, 1.82) is 0 Å². The number of aromatic nitrogens is 3. The second kappa shape index (κ2) is 5.08. The number of carboxylic acid groups (broad SMARTS) is 1. The number of carboxylic acids is 1. The van der Waals surface area contributed by atoms with Crippen molar-refractivity contribution in [3.05, 3.63) is 23.0 Å². The number of amides is 1. The maximum absolute atomic E-state index is 12.5. The van der Waals surface area contributed by atoms with Crippen molar-refractivity contribution in [2.24, 2.45) is 13.0 Å². The Morgan fingerprint density at radius 1 is 1.36 bits per heavy atom. The quantitative estimate of drug-likeness (QED) is 0.887. The first kappa shape index (κ1) is 14.5. The number of nitrogens with zero attached hydrogens (tertiary/aromatic N) is 3. The average Bonchev–Trinajstić information content (AvgIpc) is 2.67. The number of carbonyl (C=O) groups excluding carboxylic acids is 1. The van der Waals surface area contributed by atoms with Gasteiger partial charge in [-0.2, -0.15) is 5.10 Å². The van der Waals surface area contributed by atoms with Crippen LogP contribution in [-0.4, -0.2) is 37.8 Å². The second-order valence-electron chi connectivity index (χ2n) is 5.90. The number of hydrogen-bond donors (Lipinski definition) is 2. The van der Waals surface area contributed by atoms with Gasteiger partial charge >= 0.3 is 5.97 Å². The van der Waals surface area contributed by atoms with E-state index in [0.717, 1.165) is 16.8 Å². The van der Waals surface area contributed by atoms with Gasteiger partial charge < -0.3 is 10.4 Å². The molecule has 22 heavy (non-hydrogen) atoms. The number of pyridine rings is 1. The standard InChI is InChI=1S/C15H18N4O3/c1-7-4-11(12-8(2)18-19(3)13(12)16-7)14(20)17-10-5-9(6-10)15(21)22/h4,9-10H,5-6H2,1-3H3,(H,17,20)(H,21,22). The van der Waals surface area contributed by atoms with Gasteiger partial charge in [0, 0.05) is 18.8 Å². The molecule has 1 fully saturated rings. The normalized spacial score (nSPS) is 20.7. The maximum Gasteiger partial charge on any atom is 0.306 e. The van der Waals surface area contributed by atoms with Crippen LogP contribution in [0.5, 0.6) is 0 Å². The lowest BCUT2D eigenvalue weighted by Crippen LogP contribution is -2.46. The van der Waals surface area contributed by atoms with Crippen LogP contribution in [0.4, 0.5) is 0 Å². The zero-order valence-electron chi connectivity index (χ0n) is 12.8. The summed E-state index contributed by atoms with van der Waals surface area (Å²) in [4.78, 5) is 27.8. The molecule has 0 aliphatic heterocycles. The molecule has 0 atom stereocenters. The van der Waals surface area contributed by atoms with Crippen molar-refractivity contribution >= 4 is 22.9 Å². The monoisotopic (exact) mass is 302 g/mol. The molecule has 0 saturated heterocycles. The highest BCUT2D eigenvalue weighted by Gasteiger charge is 2.35. The minimum absolute atomic E-state index is 0.0749. The Hall–Kier alpha value is -2.44. The van der Waals surface area contributed by atoms with Gasteiger partial charge in [-0.15, -0.1) is 0 Å². The summed E-state index contributed by atoms with van der Waals surface area (Å²) in [5, 5.41) is 16.9. The van der Waals surface area contributed by atoms with Crippen LogP contribution >= 0.6 is 0 Å². The van der Waals surface area contributed by atoms with Gasteiger partial charge in [0.25, 0.3) is 5.91 Å². The van der Waals surface area contributed by atoms with E-state index in [9.17, 15) is 9.59 Å². The molecule has 2 aromatic heterocycles. The van der Waals surface area contributed by atoms with E-state index in [-0.39, 0.29) is 17.9 Å². The van der Waals surface area contributed by atoms with E-state index < -0.39 is 5.97 Å². The van der Waals surface area contributed by atoms with Crippen molar-refractivity contribution in [3.8, 4) is 0 Å². The molecule has 0 radical (unpaired) electrons. The Bertz CT molecular complexity index is 775. The SMILES string of the molecule is Cc1cc(C(=O)NC2CC(C(=O)O)C2)c2c(C)nn(C)c2n1. The predicted octanol–water partition coefficient (Wildman–Crippen LogP) is 1.18. The van der Waals surface area contributed by atoms with E-state index in [1.54, 1.807) is 17.8 Å². The van der Waals surface area contributed by atoms with Crippen LogP contribution in [0.3, 0.4) is 0 Å². The molecule has 7 heteroatoms. The smallest absolute Gasteiger partial charge is 0.306 e. The molecule has 7 nitrogen and oxygen atoms in total. The fraction of sp³-hybridized carbons (Fsp3) is 0.467. The summed E-state index contributed by atoms with van der Waals surface area (Å²) in [6.45, 7) is 3.68. The molecule has 2 N–H and O–H groups in total. The minimum Gasteiger partial charge on any atom is -0.481 e. The van der Waals surface area contributed by atoms with Gasteiger partial charge in [0.2, 0.25) is 0 Å². The summed E-state index contributed by atoms with van der Waals surface area (Å²) in [6, 6.07) is 1.67. The molecule has 2 aromatic rings. The molecule has 116 valence electrons. The van der Waals surface area contributed by atoms with Crippen LogP contribution in [0, 0.1) is 19.8 Å². The van der Waals surface area contributed by atoms with E-state index in [1.807, 2.05) is 13.8 Å². The van der Waals surface area contributed by atoms with E-state index in [2.05, 4.69) is 15.4 Å². The highest BCUT2D eigenvalue weighted by Crippen LogP contribution is 2.28. The average molecular weight is 302 g/mol. The third kappa shape index (κ3) is 2.32. The van der Waals surface area contributed by atoms with Gasteiger partial charge in [-0.1, -0.05) is 0 Å². The summed E-state index contributed by atoms with van der Waals surface area (Å²) >= 11 is 0. The number of carbonyl (C=O) groups is 2. The molecule has 3 rings (SSSR count). The largest absolute Gasteiger partial charge is 0.481 e. The fourth-order valence-electron chi connectivity index (χ4n) is 2.95. The summed E-state index contributed by atoms with van der Waals surface area (Å²) in [6.07, 6.45) is 0.973. The van der Waals surface area contributed by atoms with Crippen LogP contribution < -0.4 is 5.32 Å². The zero-order valence-corrected chi connectivity index (χ0v) is 12.8. The summed E-state index contributed by atoms with van der Waals surface area (Å²) in [5.74, 6) is -1.33. The van der Waals surface area contributed by atoms with Crippen molar-refractivity contribution in [2.75, 3.05) is 0 Å². The molecule has 2 heterocycles. The summed E-state index contributed by atoms with van der Waals surface area (Å²) in [5.41, 5.74) is 2.73. The van der Waals surface area contributed by atoms with Gasteiger partial charge in [-0.05, 0) is 32.8 Å². The molecule has 1 saturated carbocycles. The van der Waals surface area contributed by atoms with Crippen LogP contribution in [0.15, 0.2) is 6.07 Å². The van der Waals surface area contributed by atoms with E-state index in [0.29, 0.717) is 24.1 Å².